The molecule has 6 heteroatoms. The average Bonchev–Trinajstić information content (AvgIpc) is 2.93. The summed E-state index contributed by atoms with van der Waals surface area (Å²) in [7, 11) is 0. The van der Waals surface area contributed by atoms with Gasteiger partial charge in [-0.25, -0.2) is 0 Å². The van der Waals surface area contributed by atoms with Crippen LogP contribution in [0.4, 0.5) is 18.9 Å². The van der Waals surface area contributed by atoms with Gasteiger partial charge in [-0.3, -0.25) is 4.79 Å². The molecule has 0 saturated heterocycles. The number of hydrogen-bond acceptors (Lipinski definition) is 1. The van der Waals surface area contributed by atoms with Gasteiger partial charge in [0.2, 0.25) is 0 Å². The molecule has 29 heavy (non-hydrogen) atoms. The van der Waals surface area contributed by atoms with Crippen LogP contribution in [0, 0.1) is 6.92 Å². The van der Waals surface area contributed by atoms with Gasteiger partial charge in [-0.05, 0) is 48.2 Å². The molecule has 1 amide bonds. The first-order valence-corrected chi connectivity index (χ1v) is 9.36. The number of alkyl halides is 3. The number of fused-ring (bicyclic) bond motifs is 1. The maximum atomic E-state index is 13.3. The lowest BCUT2D eigenvalue weighted by molar-refractivity contribution is -0.136. The Morgan fingerprint density at radius 1 is 1.21 bits per heavy atom. The second-order valence-corrected chi connectivity index (χ2v) is 7.30. The number of para-hydroxylation sites is 1. The number of amides is 1. The molecule has 1 heterocycles. The number of anilines is 1. The molecule has 0 atom stereocenters. The smallest absolute Gasteiger partial charge is 0.332 e. The second-order valence-electron chi connectivity index (χ2n) is 7.30. The van der Waals surface area contributed by atoms with E-state index in [-0.39, 0.29) is 5.69 Å². The van der Waals surface area contributed by atoms with Crippen LogP contribution < -0.4 is 5.32 Å². The number of carbonyl (C=O) groups is 1. The number of aryl methyl sites for hydroxylation is 1. The molecule has 2 aromatic carbocycles. The molecule has 152 valence electrons. The van der Waals surface area contributed by atoms with Gasteiger partial charge in [0.1, 0.15) is 5.69 Å². The van der Waals surface area contributed by atoms with E-state index >= 15 is 0 Å². The Hall–Kier alpha value is -3.02. The first-order valence-electron chi connectivity index (χ1n) is 9.36. The van der Waals surface area contributed by atoms with Gasteiger partial charge in [-0.2, -0.15) is 13.2 Å². The summed E-state index contributed by atoms with van der Waals surface area (Å²) in [6.45, 7) is 10.1. The van der Waals surface area contributed by atoms with Crippen molar-refractivity contribution in [3.05, 3.63) is 77.5 Å². The Morgan fingerprint density at radius 3 is 2.52 bits per heavy atom. The molecule has 0 bridgehead atoms. The monoisotopic (exact) mass is 400 g/mol. The van der Waals surface area contributed by atoms with Gasteiger partial charge in [-0.1, -0.05) is 38.1 Å². The predicted octanol–water partition coefficient (Wildman–Crippen LogP) is 6.53. The summed E-state index contributed by atoms with van der Waals surface area (Å²) >= 11 is 0. The topological polar surface area (TPSA) is 34.0 Å². The minimum Gasteiger partial charge on any atom is -0.332 e. The van der Waals surface area contributed by atoms with Gasteiger partial charge in [0, 0.05) is 17.4 Å². The maximum absolute atomic E-state index is 13.3. The Balaban J connectivity index is 2.12. The Bertz CT molecular complexity index is 1080. The number of halogens is 3. The summed E-state index contributed by atoms with van der Waals surface area (Å²) in [4.78, 5) is 13.1. The zero-order valence-electron chi connectivity index (χ0n) is 16.6. The fourth-order valence-electron chi connectivity index (χ4n) is 3.53. The quantitative estimate of drug-likeness (QED) is 0.486. The molecular formula is C23H23F3N2O. The summed E-state index contributed by atoms with van der Waals surface area (Å²) in [6, 6.07) is 11.0. The van der Waals surface area contributed by atoms with Crippen LogP contribution in [0.15, 0.2) is 55.1 Å². The van der Waals surface area contributed by atoms with Crippen molar-refractivity contribution in [1.29, 1.82) is 0 Å². The molecule has 0 aliphatic heterocycles. The fraction of sp³-hybridized carbons (Fsp3) is 0.261. The van der Waals surface area contributed by atoms with Crippen LogP contribution in [0.3, 0.4) is 0 Å². The van der Waals surface area contributed by atoms with Crippen molar-refractivity contribution in [2.45, 2.75) is 39.4 Å². The lowest BCUT2D eigenvalue weighted by Gasteiger charge is -2.15. The SMILES string of the molecule is C=CCn1c(C(=O)Nc2ccccc2C(F)(F)F)c(C)c2cc(C(C)C)ccc21. The van der Waals surface area contributed by atoms with E-state index in [1.165, 1.54) is 18.2 Å². The van der Waals surface area contributed by atoms with Gasteiger partial charge in [0.25, 0.3) is 5.91 Å². The van der Waals surface area contributed by atoms with Crippen molar-refractivity contribution in [3.8, 4) is 0 Å². The van der Waals surface area contributed by atoms with Gasteiger partial charge < -0.3 is 9.88 Å². The van der Waals surface area contributed by atoms with Gasteiger partial charge >= 0.3 is 6.18 Å². The molecule has 3 aromatic rings. The van der Waals surface area contributed by atoms with E-state index in [0.29, 0.717) is 18.2 Å². The zero-order valence-corrected chi connectivity index (χ0v) is 16.6. The highest BCUT2D eigenvalue weighted by molar-refractivity contribution is 6.08. The van der Waals surface area contributed by atoms with Crippen LogP contribution in [0.5, 0.6) is 0 Å². The average molecular weight is 400 g/mol. The number of allylic oxidation sites excluding steroid dienone is 1. The fourth-order valence-corrected chi connectivity index (χ4v) is 3.53. The summed E-state index contributed by atoms with van der Waals surface area (Å²) in [5, 5.41) is 3.37. The molecule has 1 N–H and O–H groups in total. The number of nitrogens with zero attached hydrogens (tertiary/aromatic N) is 1. The lowest BCUT2D eigenvalue weighted by Crippen LogP contribution is -2.20. The predicted molar refractivity (Wildman–Crippen MR) is 110 cm³/mol. The number of carbonyl (C=O) groups excluding carboxylic acids is 1. The first kappa shape index (κ1) is 20.7. The Labute approximate surface area is 167 Å². The van der Waals surface area contributed by atoms with E-state index in [1.807, 2.05) is 25.1 Å². The van der Waals surface area contributed by atoms with Crippen molar-refractivity contribution in [3.63, 3.8) is 0 Å². The normalized spacial score (nSPS) is 11.8. The first-order chi connectivity index (χ1) is 13.6. The largest absolute Gasteiger partial charge is 0.418 e. The molecule has 3 rings (SSSR count). The molecule has 0 unspecified atom stereocenters. The van der Waals surface area contributed by atoms with Crippen molar-refractivity contribution < 1.29 is 18.0 Å². The Morgan fingerprint density at radius 2 is 1.90 bits per heavy atom. The Kier molecular flexibility index (Phi) is 5.55. The van der Waals surface area contributed by atoms with Crippen molar-refractivity contribution in [2.75, 3.05) is 5.32 Å². The number of benzene rings is 2. The molecule has 1 aromatic heterocycles. The van der Waals surface area contributed by atoms with E-state index in [2.05, 4.69) is 25.7 Å². The third kappa shape index (κ3) is 3.92. The van der Waals surface area contributed by atoms with E-state index in [0.717, 1.165) is 28.1 Å². The third-order valence-corrected chi connectivity index (χ3v) is 5.01. The number of nitrogens with one attached hydrogen (secondary N) is 1. The standard InChI is InChI=1S/C23H23F3N2O/c1-5-12-28-20-11-10-16(14(2)3)13-17(20)15(4)21(28)22(29)27-19-9-7-6-8-18(19)23(24,25)26/h5-11,13-14H,1,12H2,2-4H3,(H,27,29). The van der Waals surface area contributed by atoms with E-state index in [4.69, 9.17) is 0 Å². The molecule has 0 aliphatic carbocycles. The van der Waals surface area contributed by atoms with Crippen LogP contribution in [0.2, 0.25) is 0 Å². The molecule has 0 spiro atoms. The van der Waals surface area contributed by atoms with Crippen LogP contribution >= 0.6 is 0 Å². The van der Waals surface area contributed by atoms with E-state index in [1.54, 1.807) is 10.6 Å². The molecule has 0 saturated carbocycles. The number of hydrogen-bond donors (Lipinski definition) is 1. The summed E-state index contributed by atoms with van der Waals surface area (Å²) in [5.74, 6) is -0.263. The molecule has 0 aliphatic rings. The molecule has 0 radical (unpaired) electrons. The molecular weight excluding hydrogens is 377 g/mol. The lowest BCUT2D eigenvalue weighted by atomic mass is 10.0. The van der Waals surface area contributed by atoms with Crippen molar-refractivity contribution >= 4 is 22.5 Å². The molecule has 0 fully saturated rings. The minimum absolute atomic E-state index is 0.261. The maximum Gasteiger partial charge on any atom is 0.418 e. The van der Waals surface area contributed by atoms with Crippen molar-refractivity contribution in [1.82, 2.24) is 4.57 Å². The summed E-state index contributed by atoms with van der Waals surface area (Å²) < 4.78 is 41.7. The van der Waals surface area contributed by atoms with Gasteiger partial charge in [0.15, 0.2) is 0 Å². The van der Waals surface area contributed by atoms with Gasteiger partial charge in [-0.15, -0.1) is 6.58 Å². The van der Waals surface area contributed by atoms with Crippen molar-refractivity contribution in [2.24, 2.45) is 0 Å². The van der Waals surface area contributed by atoms with Crippen LogP contribution in [-0.2, 0) is 12.7 Å². The molecule has 3 nitrogen and oxygen atoms in total. The summed E-state index contributed by atoms with van der Waals surface area (Å²) in [6.07, 6.45) is -2.89. The van der Waals surface area contributed by atoms with E-state index in [9.17, 15) is 18.0 Å². The highest BCUT2D eigenvalue weighted by Crippen LogP contribution is 2.35. The third-order valence-electron chi connectivity index (χ3n) is 5.01. The van der Waals surface area contributed by atoms with Gasteiger partial charge in [0.05, 0.1) is 11.3 Å². The number of rotatable bonds is 5. The van der Waals surface area contributed by atoms with Crippen LogP contribution in [0.1, 0.15) is 46.9 Å². The highest BCUT2D eigenvalue weighted by atomic mass is 19.4. The number of aromatic nitrogens is 1. The van der Waals surface area contributed by atoms with Crippen LogP contribution in [0.25, 0.3) is 10.9 Å². The zero-order chi connectivity index (χ0) is 21.3. The van der Waals surface area contributed by atoms with Crippen LogP contribution in [-0.4, -0.2) is 10.5 Å². The second kappa shape index (κ2) is 7.78. The highest BCUT2D eigenvalue weighted by Gasteiger charge is 2.34. The van der Waals surface area contributed by atoms with E-state index < -0.39 is 17.6 Å². The summed E-state index contributed by atoms with van der Waals surface area (Å²) in [5.41, 5.74) is 1.90. The minimum atomic E-state index is -4.56.